The Hall–Kier alpha value is -1.36. The molecule has 1 aromatic heterocycles. The van der Waals surface area contributed by atoms with Gasteiger partial charge in [-0.15, -0.1) is 0 Å². The number of carbonyl (C=O) groups excluding carboxylic acids is 1. The molecule has 124 valence electrons. The molecule has 5 heteroatoms. The Morgan fingerprint density at radius 1 is 1.32 bits per heavy atom. The molecule has 2 heterocycles. The minimum Gasteiger partial charge on any atom is -0.385 e. The summed E-state index contributed by atoms with van der Waals surface area (Å²) in [4.78, 5) is 14.4. The van der Waals surface area contributed by atoms with Gasteiger partial charge in [0, 0.05) is 46.0 Å². The highest BCUT2D eigenvalue weighted by atomic mass is 16.5. The molecule has 0 spiro atoms. The Morgan fingerprint density at radius 3 is 2.55 bits per heavy atom. The lowest BCUT2D eigenvalue weighted by Crippen LogP contribution is -2.38. The largest absolute Gasteiger partial charge is 0.385 e. The van der Waals surface area contributed by atoms with E-state index in [4.69, 9.17) is 4.74 Å². The third kappa shape index (κ3) is 4.09. The van der Waals surface area contributed by atoms with E-state index in [9.17, 15) is 4.79 Å². The van der Waals surface area contributed by atoms with Crippen molar-refractivity contribution in [3.05, 3.63) is 17.0 Å². The average molecular weight is 307 g/mol. The van der Waals surface area contributed by atoms with Crippen molar-refractivity contribution in [1.82, 2.24) is 14.7 Å². The van der Waals surface area contributed by atoms with Gasteiger partial charge in [-0.2, -0.15) is 5.10 Å². The van der Waals surface area contributed by atoms with Gasteiger partial charge >= 0.3 is 0 Å². The van der Waals surface area contributed by atoms with E-state index in [1.54, 1.807) is 7.11 Å². The highest BCUT2D eigenvalue weighted by molar-refractivity contribution is 5.76. The van der Waals surface area contributed by atoms with E-state index in [0.29, 0.717) is 12.3 Å². The fourth-order valence-corrected chi connectivity index (χ4v) is 3.32. The van der Waals surface area contributed by atoms with Gasteiger partial charge in [-0.3, -0.25) is 9.48 Å². The van der Waals surface area contributed by atoms with Crippen molar-refractivity contribution >= 4 is 5.91 Å². The zero-order valence-electron chi connectivity index (χ0n) is 14.4. The first kappa shape index (κ1) is 17.0. The normalized spacial score (nSPS) is 16.3. The number of carbonyl (C=O) groups is 1. The smallest absolute Gasteiger partial charge is 0.222 e. The van der Waals surface area contributed by atoms with Crippen molar-refractivity contribution in [3.8, 4) is 0 Å². The predicted octanol–water partition coefficient (Wildman–Crippen LogP) is 2.24. The van der Waals surface area contributed by atoms with Crippen LogP contribution in [0.25, 0.3) is 0 Å². The van der Waals surface area contributed by atoms with E-state index in [1.807, 2.05) is 23.6 Å². The first-order chi connectivity index (χ1) is 10.5. The molecule has 0 N–H and O–H groups in total. The summed E-state index contributed by atoms with van der Waals surface area (Å²) in [5.74, 6) is 1.000. The summed E-state index contributed by atoms with van der Waals surface area (Å²) >= 11 is 0. The van der Waals surface area contributed by atoms with Crippen molar-refractivity contribution < 1.29 is 9.53 Å². The molecule has 0 unspecified atom stereocenters. The van der Waals surface area contributed by atoms with Gasteiger partial charge in [0.25, 0.3) is 0 Å². The highest BCUT2D eigenvalue weighted by Crippen LogP contribution is 2.22. The summed E-state index contributed by atoms with van der Waals surface area (Å²) in [5.41, 5.74) is 3.44. The number of hydrogen-bond donors (Lipinski definition) is 0. The molecule has 0 aliphatic carbocycles. The van der Waals surface area contributed by atoms with E-state index in [1.165, 1.54) is 11.3 Å². The molecular formula is C17H29N3O2. The number of hydrogen-bond acceptors (Lipinski definition) is 3. The monoisotopic (exact) mass is 307 g/mol. The Labute approximate surface area is 133 Å². The number of aryl methyl sites for hydroxylation is 2. The lowest BCUT2D eigenvalue weighted by molar-refractivity contribution is -0.132. The molecule has 1 aliphatic rings. The van der Waals surface area contributed by atoms with Gasteiger partial charge < -0.3 is 9.64 Å². The number of nitrogens with zero attached hydrogens (tertiary/aromatic N) is 3. The first-order valence-electron chi connectivity index (χ1n) is 8.28. The molecule has 0 atom stereocenters. The van der Waals surface area contributed by atoms with Gasteiger partial charge in [-0.25, -0.2) is 0 Å². The molecule has 22 heavy (non-hydrogen) atoms. The maximum absolute atomic E-state index is 12.4. The van der Waals surface area contributed by atoms with E-state index in [2.05, 4.69) is 12.0 Å². The molecule has 0 bridgehead atoms. The molecule has 0 radical (unpaired) electrons. The van der Waals surface area contributed by atoms with Crippen LogP contribution in [0.15, 0.2) is 0 Å². The Morgan fingerprint density at radius 2 is 2.00 bits per heavy atom. The number of likely N-dealkylation sites (tertiary alicyclic amines) is 1. The van der Waals surface area contributed by atoms with Crippen LogP contribution in [0.5, 0.6) is 0 Å². The van der Waals surface area contributed by atoms with Crippen LogP contribution in [-0.2, 0) is 23.0 Å². The van der Waals surface area contributed by atoms with E-state index in [0.717, 1.165) is 51.1 Å². The molecule has 1 aromatic rings. The number of rotatable bonds is 6. The summed E-state index contributed by atoms with van der Waals surface area (Å²) in [6.07, 6.45) is 4.73. The van der Waals surface area contributed by atoms with Crippen LogP contribution in [0.3, 0.4) is 0 Å². The maximum Gasteiger partial charge on any atom is 0.222 e. The molecule has 5 nitrogen and oxygen atoms in total. The summed E-state index contributed by atoms with van der Waals surface area (Å²) in [7, 11) is 3.71. The van der Waals surface area contributed by atoms with Gasteiger partial charge in [0.2, 0.25) is 5.91 Å². The van der Waals surface area contributed by atoms with Crippen molar-refractivity contribution in [2.75, 3.05) is 26.8 Å². The lowest BCUT2D eigenvalue weighted by Gasteiger charge is -2.32. The van der Waals surface area contributed by atoms with Crippen LogP contribution < -0.4 is 0 Å². The minimum atomic E-state index is 0.285. The van der Waals surface area contributed by atoms with E-state index in [-0.39, 0.29) is 5.91 Å². The van der Waals surface area contributed by atoms with Crippen molar-refractivity contribution in [1.29, 1.82) is 0 Å². The molecule has 1 aliphatic heterocycles. The van der Waals surface area contributed by atoms with Crippen LogP contribution in [0, 0.1) is 19.8 Å². The second-order valence-corrected chi connectivity index (χ2v) is 6.38. The van der Waals surface area contributed by atoms with Gasteiger partial charge in [0.05, 0.1) is 5.69 Å². The Bertz CT molecular complexity index is 502. The van der Waals surface area contributed by atoms with Crippen molar-refractivity contribution in [2.24, 2.45) is 13.0 Å². The number of amides is 1. The molecular weight excluding hydrogens is 278 g/mol. The lowest BCUT2D eigenvalue weighted by atomic mass is 9.93. The third-order valence-corrected chi connectivity index (χ3v) is 4.95. The van der Waals surface area contributed by atoms with Gasteiger partial charge in [-0.1, -0.05) is 0 Å². The second kappa shape index (κ2) is 7.77. The number of methoxy groups -OCH3 is 1. The predicted molar refractivity (Wildman–Crippen MR) is 86.8 cm³/mol. The fourth-order valence-electron chi connectivity index (χ4n) is 3.32. The van der Waals surface area contributed by atoms with Crippen LogP contribution >= 0.6 is 0 Å². The summed E-state index contributed by atoms with van der Waals surface area (Å²) in [6, 6.07) is 0. The topological polar surface area (TPSA) is 47.4 Å². The Kier molecular flexibility index (Phi) is 6.00. The van der Waals surface area contributed by atoms with Crippen LogP contribution in [0.2, 0.25) is 0 Å². The molecule has 0 aromatic carbocycles. The number of ether oxygens (including phenoxy) is 1. The minimum absolute atomic E-state index is 0.285. The molecule has 1 saturated heterocycles. The zero-order chi connectivity index (χ0) is 16.1. The number of piperidine rings is 1. The van der Waals surface area contributed by atoms with E-state index < -0.39 is 0 Å². The van der Waals surface area contributed by atoms with Crippen LogP contribution in [-0.4, -0.2) is 47.4 Å². The van der Waals surface area contributed by atoms with Crippen molar-refractivity contribution in [2.45, 2.75) is 46.0 Å². The standard InChI is InChI=1S/C17H29N3O2/c1-13-16(14(2)19(3)18-13)5-6-17(21)20-10-7-15(8-11-20)9-12-22-4/h15H,5-12H2,1-4H3. The summed E-state index contributed by atoms with van der Waals surface area (Å²) in [6.45, 7) is 6.73. The molecule has 1 fully saturated rings. The van der Waals surface area contributed by atoms with Crippen molar-refractivity contribution in [3.63, 3.8) is 0 Å². The van der Waals surface area contributed by atoms with E-state index >= 15 is 0 Å². The SMILES string of the molecule is COCCC1CCN(C(=O)CCc2c(C)nn(C)c2C)CC1. The highest BCUT2D eigenvalue weighted by Gasteiger charge is 2.22. The van der Waals surface area contributed by atoms with Crippen LogP contribution in [0.1, 0.15) is 42.6 Å². The van der Waals surface area contributed by atoms with Crippen LogP contribution in [0.4, 0.5) is 0 Å². The summed E-state index contributed by atoms with van der Waals surface area (Å²) < 4.78 is 7.04. The number of aromatic nitrogens is 2. The summed E-state index contributed by atoms with van der Waals surface area (Å²) in [5, 5.41) is 4.42. The second-order valence-electron chi connectivity index (χ2n) is 6.38. The zero-order valence-corrected chi connectivity index (χ0v) is 14.4. The van der Waals surface area contributed by atoms with Gasteiger partial charge in [-0.05, 0) is 51.0 Å². The van der Waals surface area contributed by atoms with Gasteiger partial charge in [0.15, 0.2) is 0 Å². The molecule has 2 rings (SSSR count). The first-order valence-corrected chi connectivity index (χ1v) is 8.28. The van der Waals surface area contributed by atoms with Gasteiger partial charge in [0.1, 0.15) is 0 Å². The quantitative estimate of drug-likeness (QED) is 0.810. The maximum atomic E-state index is 12.4. The Balaban J connectivity index is 1.79. The average Bonchev–Trinajstić information content (AvgIpc) is 2.76. The molecule has 1 amide bonds. The molecule has 0 saturated carbocycles. The fraction of sp³-hybridized carbons (Fsp3) is 0.765. The third-order valence-electron chi connectivity index (χ3n) is 4.95.